The average molecular weight is 287 g/mol. The highest BCUT2D eigenvalue weighted by Gasteiger charge is 2.10. The van der Waals surface area contributed by atoms with Crippen LogP contribution in [0.4, 0.5) is 11.4 Å². The molecule has 1 heterocycles. The number of anilines is 2. The maximum atomic E-state index is 5.81. The van der Waals surface area contributed by atoms with Crippen molar-refractivity contribution in [3.63, 3.8) is 0 Å². The molecule has 0 amide bonds. The lowest BCUT2D eigenvalue weighted by Gasteiger charge is -2.28. The van der Waals surface area contributed by atoms with Gasteiger partial charge < -0.3 is 15.0 Å². The van der Waals surface area contributed by atoms with Gasteiger partial charge in [-0.3, -0.25) is 0 Å². The van der Waals surface area contributed by atoms with Crippen molar-refractivity contribution in [1.82, 2.24) is 0 Å². The fourth-order valence-electron chi connectivity index (χ4n) is 1.84. The van der Waals surface area contributed by atoms with Gasteiger partial charge in [-0.25, -0.2) is 0 Å². The van der Waals surface area contributed by atoms with Gasteiger partial charge in [-0.05, 0) is 24.3 Å². The number of nitrogens with zero attached hydrogens (tertiary/aromatic N) is 1. The number of halogens is 2. The van der Waals surface area contributed by atoms with Crippen LogP contribution in [0.15, 0.2) is 34.8 Å². The quantitative estimate of drug-likeness (QED) is 0.920. The molecule has 0 aromatic heterocycles. The van der Waals surface area contributed by atoms with Crippen molar-refractivity contribution in [3.05, 3.63) is 34.8 Å². The summed E-state index contributed by atoms with van der Waals surface area (Å²) < 4.78 is 5.33. The summed E-state index contributed by atoms with van der Waals surface area (Å²) in [5.41, 5.74) is 3.63. The zero-order valence-corrected chi connectivity index (χ0v) is 11.5. The summed E-state index contributed by atoms with van der Waals surface area (Å²) in [5.74, 6) is 0. The van der Waals surface area contributed by atoms with Gasteiger partial charge >= 0.3 is 0 Å². The highest BCUT2D eigenvalue weighted by Crippen LogP contribution is 2.19. The molecule has 0 atom stereocenters. The zero-order valence-electron chi connectivity index (χ0n) is 10.0. The van der Waals surface area contributed by atoms with Gasteiger partial charge in [0.05, 0.1) is 19.8 Å². The average Bonchev–Trinajstić information content (AvgIpc) is 2.46. The minimum absolute atomic E-state index is 0.544. The lowest BCUT2D eigenvalue weighted by molar-refractivity contribution is 0.122. The number of benzene rings is 1. The summed E-state index contributed by atoms with van der Waals surface area (Å²) in [7, 11) is 0. The predicted molar refractivity (Wildman–Crippen MR) is 77.8 cm³/mol. The van der Waals surface area contributed by atoms with Gasteiger partial charge in [-0.2, -0.15) is 0 Å². The van der Waals surface area contributed by atoms with Crippen LogP contribution in [0.3, 0.4) is 0 Å². The second-order valence-electron chi connectivity index (χ2n) is 4.06. The third-order valence-electron chi connectivity index (χ3n) is 2.82. The fraction of sp³-hybridized carbons (Fsp3) is 0.385. The predicted octanol–water partition coefficient (Wildman–Crippen LogP) is 3.25. The molecule has 1 aromatic carbocycles. The summed E-state index contributed by atoms with van der Waals surface area (Å²) in [6, 6.07) is 8.30. The molecule has 2 rings (SSSR count). The van der Waals surface area contributed by atoms with Gasteiger partial charge in [0.2, 0.25) is 0 Å². The van der Waals surface area contributed by atoms with E-state index in [0.29, 0.717) is 11.6 Å². The maximum absolute atomic E-state index is 5.81. The minimum atomic E-state index is 0.544. The first kappa shape index (κ1) is 13.5. The highest BCUT2D eigenvalue weighted by atomic mass is 35.5. The van der Waals surface area contributed by atoms with E-state index < -0.39 is 0 Å². The molecule has 1 aliphatic rings. The van der Waals surface area contributed by atoms with Gasteiger partial charge in [0, 0.05) is 35.0 Å². The van der Waals surface area contributed by atoms with Gasteiger partial charge in [0.25, 0.3) is 0 Å². The van der Waals surface area contributed by atoms with E-state index in [1.54, 1.807) is 0 Å². The number of ether oxygens (including phenoxy) is 1. The first-order chi connectivity index (χ1) is 8.79. The maximum Gasteiger partial charge on any atom is 0.0642 e. The van der Waals surface area contributed by atoms with Crippen LogP contribution in [-0.2, 0) is 4.74 Å². The third kappa shape index (κ3) is 3.80. The third-order valence-corrected chi connectivity index (χ3v) is 3.44. The first-order valence-corrected chi connectivity index (χ1v) is 6.72. The topological polar surface area (TPSA) is 24.5 Å². The summed E-state index contributed by atoms with van der Waals surface area (Å²) >= 11 is 11.3. The van der Waals surface area contributed by atoms with Crippen molar-refractivity contribution in [2.24, 2.45) is 0 Å². The fourth-order valence-corrected chi connectivity index (χ4v) is 1.98. The molecule has 5 heteroatoms. The van der Waals surface area contributed by atoms with Crippen molar-refractivity contribution in [2.75, 3.05) is 43.1 Å². The van der Waals surface area contributed by atoms with Crippen LogP contribution >= 0.6 is 23.2 Å². The van der Waals surface area contributed by atoms with Crippen LogP contribution in [0, 0.1) is 0 Å². The molecule has 1 fully saturated rings. The molecule has 1 N–H and O–H groups in total. The molecule has 3 nitrogen and oxygen atoms in total. The Morgan fingerprint density at radius 1 is 1.28 bits per heavy atom. The van der Waals surface area contributed by atoms with E-state index in [1.165, 1.54) is 11.2 Å². The van der Waals surface area contributed by atoms with E-state index in [0.717, 1.165) is 32.0 Å². The van der Waals surface area contributed by atoms with Crippen LogP contribution < -0.4 is 10.2 Å². The molecule has 18 heavy (non-hydrogen) atoms. The van der Waals surface area contributed by atoms with E-state index in [1.807, 2.05) is 12.1 Å². The molecule has 1 saturated heterocycles. The molecule has 0 bridgehead atoms. The number of morpholine rings is 1. The molecule has 0 unspecified atom stereocenters. The van der Waals surface area contributed by atoms with E-state index in [-0.39, 0.29) is 0 Å². The van der Waals surface area contributed by atoms with Crippen molar-refractivity contribution in [3.8, 4) is 0 Å². The Hall–Kier alpha value is -0.900. The van der Waals surface area contributed by atoms with Gasteiger partial charge in [0.15, 0.2) is 0 Å². The molecular formula is C13H16Cl2N2O. The summed E-state index contributed by atoms with van der Waals surface area (Å²) in [5, 5.41) is 3.79. The van der Waals surface area contributed by atoms with Crippen molar-refractivity contribution in [2.45, 2.75) is 0 Å². The molecule has 98 valence electrons. The smallest absolute Gasteiger partial charge is 0.0642 e. The normalized spacial score (nSPS) is 16.8. The van der Waals surface area contributed by atoms with Crippen molar-refractivity contribution >= 4 is 34.6 Å². The van der Waals surface area contributed by atoms with E-state index in [9.17, 15) is 0 Å². The molecular weight excluding hydrogens is 271 g/mol. The van der Waals surface area contributed by atoms with Crippen LogP contribution in [-0.4, -0.2) is 32.8 Å². The number of nitrogens with one attached hydrogen (secondary N) is 1. The Balaban J connectivity index is 1.92. The van der Waals surface area contributed by atoms with Crippen LogP contribution in [0.2, 0.25) is 0 Å². The van der Waals surface area contributed by atoms with Gasteiger partial charge in [-0.1, -0.05) is 23.2 Å². The van der Waals surface area contributed by atoms with Crippen molar-refractivity contribution < 1.29 is 4.74 Å². The summed E-state index contributed by atoms with van der Waals surface area (Å²) in [6.45, 7) is 4.05. The molecule has 1 aliphatic heterocycles. The lowest BCUT2D eigenvalue weighted by atomic mass is 10.2. The second-order valence-corrected chi connectivity index (χ2v) is 4.76. The Bertz CT molecular complexity index is 400. The molecule has 0 aliphatic carbocycles. The van der Waals surface area contributed by atoms with E-state index >= 15 is 0 Å². The Kier molecular flexibility index (Phi) is 5.17. The molecule has 0 spiro atoms. The Morgan fingerprint density at radius 3 is 2.56 bits per heavy atom. The minimum Gasteiger partial charge on any atom is -0.380 e. The molecule has 0 saturated carbocycles. The Morgan fingerprint density at radius 2 is 1.94 bits per heavy atom. The largest absolute Gasteiger partial charge is 0.380 e. The zero-order chi connectivity index (χ0) is 12.8. The number of hydrogen-bond donors (Lipinski definition) is 1. The van der Waals surface area contributed by atoms with Crippen LogP contribution in [0.1, 0.15) is 0 Å². The number of rotatable bonds is 4. The Labute approximate surface area is 117 Å². The number of hydrogen-bond acceptors (Lipinski definition) is 3. The first-order valence-electron chi connectivity index (χ1n) is 5.91. The highest BCUT2D eigenvalue weighted by molar-refractivity contribution is 6.36. The van der Waals surface area contributed by atoms with E-state index in [4.69, 9.17) is 27.9 Å². The second kappa shape index (κ2) is 6.88. The van der Waals surface area contributed by atoms with Crippen molar-refractivity contribution in [1.29, 1.82) is 0 Å². The SMILES string of the molecule is ClC=C(Cl)CNc1ccc(N2CCOCC2)cc1. The standard InChI is InChI=1S/C13H16Cl2N2O/c14-9-11(15)10-16-12-1-3-13(4-2-12)17-5-7-18-8-6-17/h1-4,9,16H,5-8,10H2. The van der Waals surface area contributed by atoms with Gasteiger partial charge in [0.1, 0.15) is 0 Å². The molecule has 1 aromatic rings. The van der Waals surface area contributed by atoms with Crippen LogP contribution in [0.5, 0.6) is 0 Å². The summed E-state index contributed by atoms with van der Waals surface area (Å²) in [6.07, 6.45) is 0. The molecule has 0 radical (unpaired) electrons. The summed E-state index contributed by atoms with van der Waals surface area (Å²) in [4.78, 5) is 2.32. The van der Waals surface area contributed by atoms with Crippen LogP contribution in [0.25, 0.3) is 0 Å². The van der Waals surface area contributed by atoms with E-state index in [2.05, 4.69) is 22.3 Å². The monoisotopic (exact) mass is 286 g/mol. The lowest BCUT2D eigenvalue weighted by Crippen LogP contribution is -2.36. The van der Waals surface area contributed by atoms with Gasteiger partial charge in [-0.15, -0.1) is 0 Å².